The van der Waals surface area contributed by atoms with E-state index in [1.165, 1.54) is 32.1 Å². The second-order valence-electron chi connectivity index (χ2n) is 5.29. The molecule has 0 aliphatic heterocycles. The molecule has 0 radical (unpaired) electrons. The van der Waals surface area contributed by atoms with E-state index in [4.69, 9.17) is 10.3 Å². The summed E-state index contributed by atoms with van der Waals surface area (Å²) in [6, 6.07) is 3.89. The smallest absolute Gasteiger partial charge is 0.230 e. The van der Waals surface area contributed by atoms with Crippen LogP contribution in [0.1, 0.15) is 37.8 Å². The molecule has 1 fully saturated rings. The lowest BCUT2D eigenvalue weighted by Gasteiger charge is -2.07. The molecule has 100 valence electrons. The predicted octanol–water partition coefficient (Wildman–Crippen LogP) is 3.44. The topological polar surface area (TPSA) is 64.9 Å². The van der Waals surface area contributed by atoms with Crippen LogP contribution in [-0.4, -0.2) is 10.1 Å². The van der Waals surface area contributed by atoms with Crippen LogP contribution >= 0.6 is 0 Å². The fourth-order valence-corrected chi connectivity index (χ4v) is 2.98. The molecule has 0 bridgehead atoms. The minimum absolute atomic E-state index is 0.410. The first kappa shape index (κ1) is 12.2. The number of aryl methyl sites for hydroxylation is 1. The molecule has 0 saturated heterocycles. The summed E-state index contributed by atoms with van der Waals surface area (Å²) in [5, 5.41) is 4.13. The highest BCUT2D eigenvalue weighted by Gasteiger charge is 2.19. The Labute approximate surface area is 113 Å². The molecule has 0 aromatic carbocycles. The van der Waals surface area contributed by atoms with Crippen LogP contribution in [0.2, 0.25) is 0 Å². The number of nitrogen functional groups attached to an aromatic ring is 1. The van der Waals surface area contributed by atoms with Crippen LogP contribution in [0.3, 0.4) is 0 Å². The lowest BCUT2D eigenvalue weighted by Crippen LogP contribution is -1.98. The zero-order chi connectivity index (χ0) is 13.1. The quantitative estimate of drug-likeness (QED) is 0.911. The first-order valence-electron chi connectivity index (χ1n) is 6.99. The molecule has 1 aliphatic carbocycles. The van der Waals surface area contributed by atoms with Gasteiger partial charge in [0.2, 0.25) is 5.88 Å². The molecule has 0 amide bonds. The Morgan fingerprint density at radius 2 is 1.95 bits per heavy atom. The summed E-state index contributed by atoms with van der Waals surface area (Å²) in [7, 11) is 0. The average molecular weight is 257 g/mol. The highest BCUT2D eigenvalue weighted by atomic mass is 16.5. The first-order chi connectivity index (χ1) is 9.34. The van der Waals surface area contributed by atoms with Gasteiger partial charge in [0.25, 0.3) is 0 Å². The van der Waals surface area contributed by atoms with Gasteiger partial charge in [-0.15, -0.1) is 0 Å². The molecule has 0 spiro atoms. The van der Waals surface area contributed by atoms with Crippen LogP contribution < -0.4 is 5.73 Å². The van der Waals surface area contributed by atoms with E-state index < -0.39 is 0 Å². The number of nitrogens with zero attached hydrogens (tertiary/aromatic N) is 2. The van der Waals surface area contributed by atoms with Gasteiger partial charge in [-0.25, -0.2) is 0 Å². The lowest BCUT2D eigenvalue weighted by molar-refractivity contribution is 0.419. The summed E-state index contributed by atoms with van der Waals surface area (Å²) < 4.78 is 5.17. The van der Waals surface area contributed by atoms with E-state index in [1.807, 2.05) is 12.1 Å². The van der Waals surface area contributed by atoms with Crippen molar-refractivity contribution in [2.24, 2.45) is 5.92 Å². The molecule has 2 N–H and O–H groups in total. The third-order valence-corrected chi connectivity index (χ3v) is 4.02. The van der Waals surface area contributed by atoms with Crippen molar-refractivity contribution in [1.29, 1.82) is 0 Å². The summed E-state index contributed by atoms with van der Waals surface area (Å²) in [5.74, 6) is 1.26. The van der Waals surface area contributed by atoms with Gasteiger partial charge in [-0.1, -0.05) is 30.8 Å². The van der Waals surface area contributed by atoms with Gasteiger partial charge in [-0.3, -0.25) is 4.98 Å². The van der Waals surface area contributed by atoms with E-state index in [-0.39, 0.29) is 0 Å². The van der Waals surface area contributed by atoms with E-state index in [1.54, 1.807) is 12.4 Å². The molecule has 19 heavy (non-hydrogen) atoms. The minimum atomic E-state index is 0.410. The Kier molecular flexibility index (Phi) is 3.49. The van der Waals surface area contributed by atoms with Crippen LogP contribution in [0.5, 0.6) is 0 Å². The van der Waals surface area contributed by atoms with Crippen molar-refractivity contribution in [3.8, 4) is 11.1 Å². The number of pyridine rings is 1. The van der Waals surface area contributed by atoms with Crippen LogP contribution in [0.4, 0.5) is 5.88 Å². The molecule has 0 atom stereocenters. The van der Waals surface area contributed by atoms with Crippen LogP contribution in [0.25, 0.3) is 11.1 Å². The second kappa shape index (κ2) is 5.43. The van der Waals surface area contributed by atoms with Gasteiger partial charge < -0.3 is 10.3 Å². The maximum absolute atomic E-state index is 5.91. The molecule has 2 heterocycles. The maximum Gasteiger partial charge on any atom is 0.230 e. The summed E-state index contributed by atoms with van der Waals surface area (Å²) >= 11 is 0. The predicted molar refractivity (Wildman–Crippen MR) is 74.4 cm³/mol. The van der Waals surface area contributed by atoms with Gasteiger partial charge in [0, 0.05) is 12.4 Å². The van der Waals surface area contributed by atoms with E-state index in [0.717, 1.165) is 29.2 Å². The Bertz CT molecular complexity index is 530. The van der Waals surface area contributed by atoms with Gasteiger partial charge in [-0.05, 0) is 36.5 Å². The van der Waals surface area contributed by atoms with Gasteiger partial charge in [0.05, 0.1) is 11.3 Å². The second-order valence-corrected chi connectivity index (χ2v) is 5.29. The summed E-state index contributed by atoms with van der Waals surface area (Å²) in [5.41, 5.74) is 8.87. The number of hydrogen-bond acceptors (Lipinski definition) is 4. The molecular weight excluding hydrogens is 238 g/mol. The highest BCUT2D eigenvalue weighted by Crippen LogP contribution is 2.33. The Hall–Kier alpha value is -1.84. The Balaban J connectivity index is 1.78. The minimum Gasteiger partial charge on any atom is -0.367 e. The van der Waals surface area contributed by atoms with Crippen molar-refractivity contribution >= 4 is 5.88 Å². The Morgan fingerprint density at radius 1 is 1.21 bits per heavy atom. The molecule has 4 nitrogen and oxygen atoms in total. The van der Waals surface area contributed by atoms with Gasteiger partial charge in [0.1, 0.15) is 0 Å². The number of hydrogen-bond donors (Lipinski definition) is 1. The normalized spacial score (nSPS) is 16.0. The molecular formula is C15H19N3O. The SMILES string of the molecule is Nc1onc(CCC2CCCC2)c1-c1ccncc1. The summed E-state index contributed by atoms with van der Waals surface area (Å²) in [4.78, 5) is 4.03. The first-order valence-corrected chi connectivity index (χ1v) is 6.99. The van der Waals surface area contributed by atoms with Crippen molar-refractivity contribution in [2.75, 3.05) is 5.73 Å². The third-order valence-electron chi connectivity index (χ3n) is 4.02. The van der Waals surface area contributed by atoms with E-state index in [9.17, 15) is 0 Å². The molecule has 4 heteroatoms. The molecule has 2 aromatic rings. The van der Waals surface area contributed by atoms with Crippen molar-refractivity contribution in [3.05, 3.63) is 30.2 Å². The molecule has 1 saturated carbocycles. The average Bonchev–Trinajstić information content (AvgIpc) is 3.07. The fourth-order valence-electron chi connectivity index (χ4n) is 2.98. The van der Waals surface area contributed by atoms with Crippen LogP contribution in [-0.2, 0) is 6.42 Å². The summed E-state index contributed by atoms with van der Waals surface area (Å²) in [6.07, 6.45) is 11.1. The van der Waals surface area contributed by atoms with Crippen molar-refractivity contribution in [1.82, 2.24) is 10.1 Å². The van der Waals surface area contributed by atoms with E-state index in [2.05, 4.69) is 10.1 Å². The van der Waals surface area contributed by atoms with Crippen molar-refractivity contribution in [3.63, 3.8) is 0 Å². The summed E-state index contributed by atoms with van der Waals surface area (Å²) in [6.45, 7) is 0. The molecule has 2 aromatic heterocycles. The Morgan fingerprint density at radius 3 is 2.68 bits per heavy atom. The number of nitrogens with two attached hydrogens (primary N) is 1. The zero-order valence-corrected chi connectivity index (χ0v) is 11.0. The monoisotopic (exact) mass is 257 g/mol. The third kappa shape index (κ3) is 2.62. The standard InChI is InChI=1S/C15H19N3O/c16-15-14(12-7-9-17-10-8-12)13(18-19-15)6-5-11-3-1-2-4-11/h7-11H,1-6,16H2. The lowest BCUT2D eigenvalue weighted by atomic mass is 9.97. The molecule has 1 aliphatic rings. The van der Waals surface area contributed by atoms with Crippen LogP contribution in [0, 0.1) is 5.92 Å². The van der Waals surface area contributed by atoms with Crippen molar-refractivity contribution < 1.29 is 4.52 Å². The van der Waals surface area contributed by atoms with E-state index in [0.29, 0.717) is 5.88 Å². The number of anilines is 1. The zero-order valence-electron chi connectivity index (χ0n) is 11.0. The maximum atomic E-state index is 5.91. The van der Waals surface area contributed by atoms with Gasteiger partial charge >= 0.3 is 0 Å². The van der Waals surface area contributed by atoms with Gasteiger partial charge in [0.15, 0.2) is 0 Å². The van der Waals surface area contributed by atoms with Gasteiger partial charge in [-0.2, -0.15) is 0 Å². The molecule has 0 unspecified atom stereocenters. The fraction of sp³-hybridized carbons (Fsp3) is 0.467. The number of aromatic nitrogens is 2. The molecule has 3 rings (SSSR count). The highest BCUT2D eigenvalue weighted by molar-refractivity contribution is 5.74. The van der Waals surface area contributed by atoms with Crippen LogP contribution in [0.15, 0.2) is 29.0 Å². The largest absolute Gasteiger partial charge is 0.367 e. The number of rotatable bonds is 4. The van der Waals surface area contributed by atoms with E-state index >= 15 is 0 Å². The van der Waals surface area contributed by atoms with Crippen molar-refractivity contribution in [2.45, 2.75) is 38.5 Å².